The van der Waals surface area contributed by atoms with E-state index < -0.39 is 0 Å². The number of aryl methyl sites for hydroxylation is 1. The van der Waals surface area contributed by atoms with Crippen LogP contribution in [0.4, 0.5) is 6.01 Å². The van der Waals surface area contributed by atoms with Gasteiger partial charge in [0.25, 0.3) is 5.91 Å². The Bertz CT molecular complexity index is 624. The highest BCUT2D eigenvalue weighted by Gasteiger charge is 2.23. The Balaban J connectivity index is 1.71. The lowest BCUT2D eigenvalue weighted by molar-refractivity contribution is 0.101. The number of nitrogens with one attached hydrogen (secondary N) is 2. The van der Waals surface area contributed by atoms with Crippen LogP contribution < -0.4 is 10.6 Å². The van der Waals surface area contributed by atoms with Crippen LogP contribution in [0.5, 0.6) is 0 Å². The van der Waals surface area contributed by atoms with E-state index in [1.54, 1.807) is 6.07 Å². The molecule has 0 radical (unpaired) electrons. The SMILES string of the molecule is Cc1ccc(C(=O)Nc2nnc(C3CCCN3)o2)n1C. The Morgan fingerprint density at radius 1 is 1.50 bits per heavy atom. The number of nitrogens with zero attached hydrogens (tertiary/aromatic N) is 3. The van der Waals surface area contributed by atoms with Gasteiger partial charge in [0.15, 0.2) is 0 Å². The number of anilines is 1. The van der Waals surface area contributed by atoms with E-state index in [1.165, 1.54) is 0 Å². The fourth-order valence-corrected chi connectivity index (χ4v) is 2.32. The van der Waals surface area contributed by atoms with E-state index in [9.17, 15) is 4.79 Å². The van der Waals surface area contributed by atoms with E-state index >= 15 is 0 Å². The maximum absolute atomic E-state index is 12.1. The number of amides is 1. The molecule has 3 heterocycles. The first kappa shape index (κ1) is 12.9. The van der Waals surface area contributed by atoms with Crippen molar-refractivity contribution in [2.45, 2.75) is 25.8 Å². The third kappa shape index (κ3) is 2.32. The molecule has 1 amide bonds. The summed E-state index contributed by atoms with van der Waals surface area (Å²) in [7, 11) is 1.84. The van der Waals surface area contributed by atoms with Crippen molar-refractivity contribution in [3.05, 3.63) is 29.4 Å². The first-order valence-electron chi connectivity index (χ1n) is 6.65. The van der Waals surface area contributed by atoms with Crippen molar-refractivity contribution >= 4 is 11.9 Å². The molecule has 0 aliphatic carbocycles. The number of aromatic nitrogens is 3. The molecule has 106 valence electrons. The van der Waals surface area contributed by atoms with Gasteiger partial charge in [-0.05, 0) is 38.4 Å². The van der Waals surface area contributed by atoms with Crippen LogP contribution in [-0.4, -0.2) is 27.2 Å². The second-order valence-corrected chi connectivity index (χ2v) is 4.97. The minimum atomic E-state index is -0.254. The zero-order valence-electron chi connectivity index (χ0n) is 11.5. The Hall–Kier alpha value is -2.15. The summed E-state index contributed by atoms with van der Waals surface area (Å²) in [4.78, 5) is 12.1. The monoisotopic (exact) mass is 275 g/mol. The molecule has 0 bridgehead atoms. The van der Waals surface area contributed by atoms with Crippen molar-refractivity contribution in [2.24, 2.45) is 7.05 Å². The third-order valence-corrected chi connectivity index (χ3v) is 3.62. The van der Waals surface area contributed by atoms with E-state index in [4.69, 9.17) is 4.42 Å². The molecule has 3 rings (SSSR count). The molecule has 7 nitrogen and oxygen atoms in total. The molecule has 1 saturated heterocycles. The predicted molar refractivity (Wildman–Crippen MR) is 72.4 cm³/mol. The molecule has 0 spiro atoms. The fraction of sp³-hybridized carbons (Fsp3) is 0.462. The van der Waals surface area contributed by atoms with E-state index in [-0.39, 0.29) is 18.0 Å². The Morgan fingerprint density at radius 2 is 2.35 bits per heavy atom. The predicted octanol–water partition coefficient (Wildman–Crippen LogP) is 1.39. The van der Waals surface area contributed by atoms with Gasteiger partial charge in [0.05, 0.1) is 6.04 Å². The summed E-state index contributed by atoms with van der Waals surface area (Å²) in [6.07, 6.45) is 2.07. The summed E-state index contributed by atoms with van der Waals surface area (Å²) >= 11 is 0. The van der Waals surface area contributed by atoms with Gasteiger partial charge in [-0.15, -0.1) is 5.10 Å². The Labute approximate surface area is 116 Å². The van der Waals surface area contributed by atoms with Crippen LogP contribution in [0, 0.1) is 6.92 Å². The highest BCUT2D eigenvalue weighted by molar-refractivity contribution is 6.02. The number of rotatable bonds is 3. The summed E-state index contributed by atoms with van der Waals surface area (Å²) in [5.74, 6) is 0.274. The van der Waals surface area contributed by atoms with Crippen molar-refractivity contribution in [1.82, 2.24) is 20.1 Å². The minimum Gasteiger partial charge on any atom is -0.406 e. The second kappa shape index (κ2) is 5.09. The lowest BCUT2D eigenvalue weighted by atomic mass is 10.2. The molecule has 1 unspecified atom stereocenters. The van der Waals surface area contributed by atoms with Gasteiger partial charge in [-0.2, -0.15) is 0 Å². The number of hydrogen-bond acceptors (Lipinski definition) is 5. The molecular formula is C13H17N5O2. The zero-order valence-corrected chi connectivity index (χ0v) is 11.5. The smallest absolute Gasteiger partial charge is 0.322 e. The zero-order chi connectivity index (χ0) is 14.1. The number of hydrogen-bond donors (Lipinski definition) is 2. The largest absolute Gasteiger partial charge is 0.406 e. The molecule has 2 N–H and O–H groups in total. The van der Waals surface area contributed by atoms with Gasteiger partial charge in [-0.1, -0.05) is 5.10 Å². The van der Waals surface area contributed by atoms with Gasteiger partial charge in [0.1, 0.15) is 5.69 Å². The van der Waals surface area contributed by atoms with Crippen LogP contribution in [0.1, 0.15) is 41.0 Å². The number of carbonyl (C=O) groups excluding carboxylic acids is 1. The summed E-state index contributed by atoms with van der Waals surface area (Å²) < 4.78 is 7.29. The van der Waals surface area contributed by atoms with Gasteiger partial charge in [-0.3, -0.25) is 10.1 Å². The van der Waals surface area contributed by atoms with Gasteiger partial charge in [0, 0.05) is 12.7 Å². The molecule has 20 heavy (non-hydrogen) atoms. The maximum Gasteiger partial charge on any atom is 0.322 e. The van der Waals surface area contributed by atoms with Crippen molar-refractivity contribution < 1.29 is 9.21 Å². The molecule has 1 atom stereocenters. The highest BCUT2D eigenvalue weighted by atomic mass is 16.4. The molecule has 0 saturated carbocycles. The quantitative estimate of drug-likeness (QED) is 0.884. The van der Waals surface area contributed by atoms with Gasteiger partial charge in [0.2, 0.25) is 5.89 Å². The van der Waals surface area contributed by atoms with E-state index in [2.05, 4.69) is 20.8 Å². The average molecular weight is 275 g/mol. The maximum atomic E-state index is 12.1. The van der Waals surface area contributed by atoms with Crippen molar-refractivity contribution in [2.75, 3.05) is 11.9 Å². The van der Waals surface area contributed by atoms with Crippen LogP contribution in [0.15, 0.2) is 16.5 Å². The number of carbonyl (C=O) groups is 1. The van der Waals surface area contributed by atoms with Crippen LogP contribution >= 0.6 is 0 Å². The summed E-state index contributed by atoms with van der Waals surface area (Å²) in [5, 5.41) is 13.7. The average Bonchev–Trinajstić information content (AvgIpc) is 3.12. The molecule has 1 aliphatic rings. The van der Waals surface area contributed by atoms with Crippen LogP contribution in [0.3, 0.4) is 0 Å². The first-order chi connectivity index (χ1) is 9.65. The first-order valence-corrected chi connectivity index (χ1v) is 6.65. The fourth-order valence-electron chi connectivity index (χ4n) is 2.32. The topological polar surface area (TPSA) is 85.0 Å². The van der Waals surface area contributed by atoms with Gasteiger partial charge >= 0.3 is 6.01 Å². The van der Waals surface area contributed by atoms with Crippen LogP contribution in [0.2, 0.25) is 0 Å². The molecule has 2 aromatic heterocycles. The van der Waals surface area contributed by atoms with Gasteiger partial charge < -0.3 is 14.3 Å². The normalized spacial score (nSPS) is 18.4. The third-order valence-electron chi connectivity index (χ3n) is 3.62. The molecular weight excluding hydrogens is 258 g/mol. The van der Waals surface area contributed by atoms with E-state index in [1.807, 2.05) is 24.6 Å². The lowest BCUT2D eigenvalue weighted by Crippen LogP contribution is -2.16. The van der Waals surface area contributed by atoms with E-state index in [0.717, 1.165) is 25.1 Å². The molecule has 2 aromatic rings. The van der Waals surface area contributed by atoms with Crippen molar-refractivity contribution in [3.63, 3.8) is 0 Å². The van der Waals surface area contributed by atoms with Crippen LogP contribution in [-0.2, 0) is 7.05 Å². The Morgan fingerprint density at radius 3 is 3.00 bits per heavy atom. The summed E-state index contributed by atoms with van der Waals surface area (Å²) in [6.45, 7) is 2.89. The van der Waals surface area contributed by atoms with Gasteiger partial charge in [-0.25, -0.2) is 0 Å². The second-order valence-electron chi connectivity index (χ2n) is 4.97. The highest BCUT2D eigenvalue weighted by Crippen LogP contribution is 2.23. The summed E-state index contributed by atoms with van der Waals surface area (Å²) in [6, 6.07) is 3.89. The lowest BCUT2D eigenvalue weighted by Gasteiger charge is -2.04. The standard InChI is InChI=1S/C13H17N5O2/c1-8-5-6-10(18(8)2)11(19)15-13-17-16-12(20-13)9-4-3-7-14-9/h5-6,9,14H,3-4,7H2,1-2H3,(H,15,17,19). The molecule has 1 fully saturated rings. The van der Waals surface area contributed by atoms with Crippen molar-refractivity contribution in [3.8, 4) is 0 Å². The van der Waals surface area contributed by atoms with Crippen LogP contribution in [0.25, 0.3) is 0 Å². The minimum absolute atomic E-state index is 0.102. The Kier molecular flexibility index (Phi) is 3.27. The molecule has 1 aliphatic heterocycles. The molecule has 0 aromatic carbocycles. The summed E-state index contributed by atoms with van der Waals surface area (Å²) in [5.41, 5.74) is 1.57. The van der Waals surface area contributed by atoms with E-state index in [0.29, 0.717) is 11.6 Å². The molecule has 7 heteroatoms. The van der Waals surface area contributed by atoms with Crippen molar-refractivity contribution in [1.29, 1.82) is 0 Å².